The first-order chi connectivity index (χ1) is 11.4. The van der Waals surface area contributed by atoms with Crippen molar-refractivity contribution in [1.29, 1.82) is 0 Å². The van der Waals surface area contributed by atoms with Gasteiger partial charge < -0.3 is 5.32 Å². The van der Waals surface area contributed by atoms with Crippen LogP contribution in [0, 0.1) is 6.92 Å². The van der Waals surface area contributed by atoms with E-state index < -0.39 is 0 Å². The van der Waals surface area contributed by atoms with Gasteiger partial charge in [0.05, 0.1) is 18.0 Å². The Balaban J connectivity index is 2.19. The molecule has 1 aliphatic rings. The summed E-state index contributed by atoms with van der Waals surface area (Å²) in [6.07, 6.45) is 0. The second kappa shape index (κ2) is 6.23. The van der Waals surface area contributed by atoms with Gasteiger partial charge in [-0.15, -0.1) is 0 Å². The lowest BCUT2D eigenvalue weighted by Gasteiger charge is -2.10. The first kappa shape index (κ1) is 16.4. The van der Waals surface area contributed by atoms with Gasteiger partial charge in [0, 0.05) is 6.04 Å². The van der Waals surface area contributed by atoms with Crippen LogP contribution in [0.1, 0.15) is 67.0 Å². The summed E-state index contributed by atoms with van der Waals surface area (Å²) >= 11 is 0. The van der Waals surface area contributed by atoms with Crippen LogP contribution in [0.3, 0.4) is 0 Å². The Labute approximate surface area is 142 Å². The molecule has 5 nitrogen and oxygen atoms in total. The van der Waals surface area contributed by atoms with Crippen molar-refractivity contribution in [1.82, 2.24) is 15.1 Å². The Morgan fingerprint density at radius 2 is 1.79 bits per heavy atom. The monoisotopic (exact) mass is 324 g/mol. The molecule has 0 atom stereocenters. The molecule has 0 spiro atoms. The highest BCUT2D eigenvalue weighted by atomic mass is 16.2. The van der Waals surface area contributed by atoms with Crippen molar-refractivity contribution < 1.29 is 4.79 Å². The number of nitrogens with one attached hydrogen (secondary N) is 1. The number of amides is 1. The van der Waals surface area contributed by atoms with Gasteiger partial charge in [0.2, 0.25) is 0 Å². The Bertz CT molecular complexity index is 798. The van der Waals surface area contributed by atoms with Gasteiger partial charge in [-0.2, -0.15) is 5.10 Å². The molecule has 126 valence electrons. The highest BCUT2D eigenvalue weighted by Crippen LogP contribution is 2.33. The van der Waals surface area contributed by atoms with Gasteiger partial charge in [0.25, 0.3) is 5.91 Å². The van der Waals surface area contributed by atoms with Gasteiger partial charge in [0.15, 0.2) is 5.69 Å². The molecule has 0 radical (unpaired) electrons. The molecule has 0 fully saturated rings. The van der Waals surface area contributed by atoms with Gasteiger partial charge in [-0.05, 0) is 32.3 Å². The molecule has 0 aliphatic carbocycles. The Kier molecular flexibility index (Phi) is 4.26. The molecular formula is C19H24N4O. The van der Waals surface area contributed by atoms with Crippen LogP contribution in [0.5, 0.6) is 0 Å². The largest absolute Gasteiger partial charge is 0.345 e. The van der Waals surface area contributed by atoms with Crippen LogP contribution < -0.4 is 5.32 Å². The quantitative estimate of drug-likeness (QED) is 0.934. The fourth-order valence-electron chi connectivity index (χ4n) is 2.86. The molecule has 0 saturated carbocycles. The molecule has 0 unspecified atom stereocenters. The second-order valence-electron chi connectivity index (χ2n) is 6.88. The normalized spacial score (nSPS) is 14.5. The molecule has 1 aliphatic heterocycles. The lowest BCUT2D eigenvalue weighted by Crippen LogP contribution is -2.30. The van der Waals surface area contributed by atoms with Crippen LogP contribution >= 0.6 is 0 Å². The average molecular weight is 324 g/mol. The Morgan fingerprint density at radius 3 is 2.38 bits per heavy atom. The smallest absolute Gasteiger partial charge is 0.272 e. The third-order valence-electron chi connectivity index (χ3n) is 4.21. The molecule has 1 amide bonds. The molecule has 1 aromatic heterocycles. The predicted molar refractivity (Wildman–Crippen MR) is 96.4 cm³/mol. The van der Waals surface area contributed by atoms with E-state index in [0.29, 0.717) is 17.9 Å². The lowest BCUT2D eigenvalue weighted by atomic mass is 10.1. The van der Waals surface area contributed by atoms with Crippen molar-refractivity contribution in [3.8, 4) is 0 Å². The summed E-state index contributed by atoms with van der Waals surface area (Å²) in [7, 11) is 0. The minimum Gasteiger partial charge on any atom is -0.345 e. The summed E-state index contributed by atoms with van der Waals surface area (Å²) in [5.41, 5.74) is 5.25. The van der Waals surface area contributed by atoms with Crippen LogP contribution in [0.2, 0.25) is 0 Å². The van der Waals surface area contributed by atoms with Crippen molar-refractivity contribution in [2.24, 2.45) is 4.99 Å². The number of rotatable bonds is 3. The van der Waals surface area contributed by atoms with Crippen LogP contribution in [0.15, 0.2) is 29.3 Å². The number of aromatic nitrogens is 2. The molecule has 1 aromatic carbocycles. The average Bonchev–Trinajstić information content (AvgIpc) is 2.83. The third-order valence-corrected chi connectivity index (χ3v) is 4.21. The van der Waals surface area contributed by atoms with E-state index in [-0.39, 0.29) is 17.9 Å². The molecular weight excluding hydrogens is 300 g/mol. The molecule has 24 heavy (non-hydrogen) atoms. The van der Waals surface area contributed by atoms with E-state index in [0.717, 1.165) is 17.0 Å². The predicted octanol–water partition coefficient (Wildman–Crippen LogP) is 3.76. The number of aryl methyl sites for hydroxylation is 1. The molecule has 0 bridgehead atoms. The molecule has 3 rings (SSSR count). The maximum Gasteiger partial charge on any atom is 0.272 e. The van der Waals surface area contributed by atoms with Crippen molar-refractivity contribution in [2.75, 3.05) is 6.54 Å². The third kappa shape index (κ3) is 2.86. The summed E-state index contributed by atoms with van der Waals surface area (Å²) in [4.78, 5) is 17.5. The SMILES string of the molecule is Cc1ccc(C2=Nc3c(C(C)C)nn(C(C)C)c3C(=O)NC2)cc1. The number of nitrogens with zero attached hydrogens (tertiary/aromatic N) is 3. The fraction of sp³-hybridized carbons (Fsp3) is 0.421. The molecule has 1 N–H and O–H groups in total. The Morgan fingerprint density at radius 1 is 1.12 bits per heavy atom. The van der Waals surface area contributed by atoms with Crippen molar-refractivity contribution in [3.05, 3.63) is 46.8 Å². The zero-order chi connectivity index (χ0) is 17.4. The van der Waals surface area contributed by atoms with Gasteiger partial charge in [0.1, 0.15) is 5.69 Å². The van der Waals surface area contributed by atoms with Gasteiger partial charge in [-0.3, -0.25) is 9.48 Å². The van der Waals surface area contributed by atoms with E-state index in [9.17, 15) is 4.79 Å². The van der Waals surface area contributed by atoms with E-state index >= 15 is 0 Å². The summed E-state index contributed by atoms with van der Waals surface area (Å²) in [5, 5.41) is 7.65. The van der Waals surface area contributed by atoms with Crippen molar-refractivity contribution in [2.45, 2.75) is 46.6 Å². The maximum atomic E-state index is 12.7. The maximum absolute atomic E-state index is 12.7. The number of carbonyl (C=O) groups excluding carboxylic acids is 1. The van der Waals surface area contributed by atoms with Crippen LogP contribution in [-0.4, -0.2) is 27.9 Å². The lowest BCUT2D eigenvalue weighted by molar-refractivity contribution is 0.0948. The van der Waals surface area contributed by atoms with Crippen molar-refractivity contribution in [3.63, 3.8) is 0 Å². The Hall–Kier alpha value is -2.43. The standard InChI is InChI=1S/C19H24N4O/c1-11(2)16-17-18(23(22-16)12(3)4)19(24)20-10-15(21-17)14-8-6-13(5)7-9-14/h6-9,11-12H,10H2,1-5H3,(H,20,24). The van der Waals surface area contributed by atoms with Crippen molar-refractivity contribution >= 4 is 17.3 Å². The first-order valence-electron chi connectivity index (χ1n) is 8.43. The number of aliphatic imine (C=N–C) groups is 1. The molecule has 2 heterocycles. The molecule has 2 aromatic rings. The number of benzene rings is 1. The summed E-state index contributed by atoms with van der Waals surface area (Å²) in [6, 6.07) is 8.33. The highest BCUT2D eigenvalue weighted by molar-refractivity contribution is 6.10. The second-order valence-corrected chi connectivity index (χ2v) is 6.88. The van der Waals surface area contributed by atoms with Gasteiger partial charge in [-0.1, -0.05) is 43.7 Å². The minimum atomic E-state index is -0.107. The van der Waals surface area contributed by atoms with Crippen LogP contribution in [-0.2, 0) is 0 Å². The summed E-state index contributed by atoms with van der Waals surface area (Å²) in [5.74, 6) is 0.0941. The number of hydrogen-bond acceptors (Lipinski definition) is 3. The first-order valence-corrected chi connectivity index (χ1v) is 8.43. The fourth-order valence-corrected chi connectivity index (χ4v) is 2.86. The van der Waals surface area contributed by atoms with Crippen LogP contribution in [0.25, 0.3) is 0 Å². The van der Waals surface area contributed by atoms with E-state index in [1.165, 1.54) is 5.56 Å². The molecule has 5 heteroatoms. The van der Waals surface area contributed by atoms with E-state index in [4.69, 9.17) is 4.99 Å². The topological polar surface area (TPSA) is 59.3 Å². The van der Waals surface area contributed by atoms with E-state index in [1.54, 1.807) is 4.68 Å². The van der Waals surface area contributed by atoms with Gasteiger partial charge >= 0.3 is 0 Å². The number of fused-ring (bicyclic) bond motifs is 1. The van der Waals surface area contributed by atoms with E-state index in [2.05, 4.69) is 43.3 Å². The number of hydrogen-bond donors (Lipinski definition) is 1. The van der Waals surface area contributed by atoms with Crippen LogP contribution in [0.4, 0.5) is 5.69 Å². The minimum absolute atomic E-state index is 0.105. The zero-order valence-electron chi connectivity index (χ0n) is 14.9. The summed E-state index contributed by atoms with van der Waals surface area (Å²) < 4.78 is 1.79. The van der Waals surface area contributed by atoms with Gasteiger partial charge in [-0.25, -0.2) is 4.99 Å². The summed E-state index contributed by atoms with van der Waals surface area (Å²) in [6.45, 7) is 10.7. The van der Waals surface area contributed by atoms with E-state index in [1.807, 2.05) is 26.0 Å². The highest BCUT2D eigenvalue weighted by Gasteiger charge is 2.28. The molecule has 0 saturated heterocycles. The number of carbonyl (C=O) groups is 1. The zero-order valence-corrected chi connectivity index (χ0v) is 14.9.